The number of carbonyl (C=O) groups is 1. The SMILES string of the molecule is NC(O)c1cc(-c2ccccc2)sc1Nc1ncc(NC(=O)c2cc(-c3ccccc3)sc2Nc2cc(F)ccn2)cc1F. The number of pyridine rings is 2. The lowest BCUT2D eigenvalue weighted by Crippen LogP contribution is -2.13. The van der Waals surface area contributed by atoms with Crippen LogP contribution in [-0.4, -0.2) is 21.0 Å². The van der Waals surface area contributed by atoms with Crippen LogP contribution in [0, 0.1) is 11.6 Å². The average Bonchev–Trinajstić information content (AvgIpc) is 3.64. The number of carbonyl (C=O) groups excluding carboxylic acids is 1. The van der Waals surface area contributed by atoms with Crippen molar-refractivity contribution in [2.45, 2.75) is 6.23 Å². The number of benzene rings is 2. The van der Waals surface area contributed by atoms with E-state index in [4.69, 9.17) is 5.73 Å². The minimum Gasteiger partial charge on any atom is -0.374 e. The first-order valence-corrected chi connectivity index (χ1v) is 14.9. The van der Waals surface area contributed by atoms with Crippen LogP contribution in [0.2, 0.25) is 0 Å². The van der Waals surface area contributed by atoms with Gasteiger partial charge in [0.25, 0.3) is 5.91 Å². The lowest BCUT2D eigenvalue weighted by atomic mass is 10.1. The number of nitrogens with one attached hydrogen (secondary N) is 3. The molecule has 6 rings (SSSR count). The summed E-state index contributed by atoms with van der Waals surface area (Å²) < 4.78 is 29.1. The van der Waals surface area contributed by atoms with Gasteiger partial charge in [-0.2, -0.15) is 0 Å². The molecule has 1 atom stereocenters. The number of aromatic nitrogens is 2. The predicted octanol–water partition coefficient (Wildman–Crippen LogP) is 7.90. The van der Waals surface area contributed by atoms with Crippen LogP contribution >= 0.6 is 22.7 Å². The molecule has 0 radical (unpaired) electrons. The second-order valence-electron chi connectivity index (χ2n) is 9.54. The van der Waals surface area contributed by atoms with Crippen LogP contribution in [0.25, 0.3) is 20.9 Å². The summed E-state index contributed by atoms with van der Waals surface area (Å²) >= 11 is 2.60. The van der Waals surface area contributed by atoms with Gasteiger partial charge in [0, 0.05) is 33.6 Å². The van der Waals surface area contributed by atoms with Crippen LogP contribution in [0.4, 0.5) is 36.1 Å². The van der Waals surface area contributed by atoms with Crippen LogP contribution in [0.3, 0.4) is 0 Å². The van der Waals surface area contributed by atoms with Crippen molar-refractivity contribution in [3.63, 3.8) is 0 Å². The molecule has 0 bridgehead atoms. The van der Waals surface area contributed by atoms with E-state index in [1.54, 1.807) is 12.1 Å². The van der Waals surface area contributed by atoms with Crippen molar-refractivity contribution in [3.05, 3.63) is 126 Å². The molecule has 220 valence electrons. The van der Waals surface area contributed by atoms with E-state index in [0.717, 1.165) is 26.9 Å². The molecule has 6 N–H and O–H groups in total. The molecule has 1 amide bonds. The lowest BCUT2D eigenvalue weighted by Gasteiger charge is -2.11. The number of halogens is 2. The van der Waals surface area contributed by atoms with Gasteiger partial charge in [0.15, 0.2) is 11.6 Å². The topological polar surface area (TPSA) is 125 Å². The maximum Gasteiger partial charge on any atom is 0.258 e. The fourth-order valence-electron chi connectivity index (χ4n) is 4.36. The fraction of sp³-hybridized carbons (Fsp3) is 0.0312. The number of aliphatic hydroxyl groups is 1. The highest BCUT2D eigenvalue weighted by atomic mass is 32.1. The Bertz CT molecular complexity index is 1930. The third kappa shape index (κ3) is 6.48. The molecule has 44 heavy (non-hydrogen) atoms. The van der Waals surface area contributed by atoms with Crippen molar-refractivity contribution in [2.75, 3.05) is 16.0 Å². The Morgan fingerprint density at radius 1 is 0.818 bits per heavy atom. The van der Waals surface area contributed by atoms with Gasteiger partial charge >= 0.3 is 0 Å². The van der Waals surface area contributed by atoms with Gasteiger partial charge in [0.1, 0.15) is 27.9 Å². The number of thiophene rings is 2. The van der Waals surface area contributed by atoms with E-state index in [-0.39, 0.29) is 22.9 Å². The van der Waals surface area contributed by atoms with Gasteiger partial charge in [0.05, 0.1) is 17.4 Å². The average molecular weight is 627 g/mol. The molecule has 12 heteroatoms. The first-order chi connectivity index (χ1) is 21.3. The molecule has 4 heterocycles. The Morgan fingerprint density at radius 3 is 2.11 bits per heavy atom. The Kier molecular flexibility index (Phi) is 8.39. The zero-order valence-corrected chi connectivity index (χ0v) is 24.4. The van der Waals surface area contributed by atoms with E-state index in [9.17, 15) is 14.3 Å². The third-order valence-corrected chi connectivity index (χ3v) is 8.68. The number of nitrogens with two attached hydrogens (primary N) is 1. The molecule has 1 unspecified atom stereocenters. The maximum absolute atomic E-state index is 15.3. The summed E-state index contributed by atoms with van der Waals surface area (Å²) in [7, 11) is 0. The fourth-order valence-corrected chi connectivity index (χ4v) is 6.53. The smallest absolute Gasteiger partial charge is 0.258 e. The molecular formula is C32H24F2N6O2S2. The summed E-state index contributed by atoms with van der Waals surface area (Å²) in [4.78, 5) is 23.4. The monoisotopic (exact) mass is 626 g/mol. The van der Waals surface area contributed by atoms with Crippen molar-refractivity contribution in [1.82, 2.24) is 9.97 Å². The molecule has 4 aromatic heterocycles. The van der Waals surface area contributed by atoms with Gasteiger partial charge in [-0.15, -0.1) is 22.7 Å². The highest BCUT2D eigenvalue weighted by Gasteiger charge is 2.20. The molecule has 0 spiro atoms. The molecule has 0 aliphatic rings. The Labute approximate surface area is 258 Å². The lowest BCUT2D eigenvalue weighted by molar-refractivity contribution is 0.102. The number of nitrogens with zero attached hydrogens (tertiary/aromatic N) is 2. The number of amides is 1. The highest BCUT2D eigenvalue weighted by Crippen LogP contribution is 2.40. The molecule has 0 aliphatic carbocycles. The summed E-state index contributed by atoms with van der Waals surface area (Å²) in [6.45, 7) is 0. The standard InChI is InChI=1S/C32H24F2N6O2S2/c33-20-11-12-36-27(13-20)39-32-23(16-26(44-32)19-9-5-2-6-10-19)30(42)38-21-14-24(34)29(37-17-21)40-31-22(28(35)41)15-25(43-31)18-7-3-1-4-8-18/h1-17,28,41H,35H2,(H,36,39)(H,37,40)(H,38,42). The number of hydrogen-bond acceptors (Lipinski definition) is 9. The summed E-state index contributed by atoms with van der Waals surface area (Å²) in [5.74, 6) is -1.60. The molecule has 0 saturated carbocycles. The van der Waals surface area contributed by atoms with E-state index in [1.165, 1.54) is 47.2 Å². The molecular weight excluding hydrogens is 603 g/mol. The van der Waals surface area contributed by atoms with Gasteiger partial charge in [-0.1, -0.05) is 60.7 Å². The molecule has 0 aliphatic heterocycles. The molecule has 8 nitrogen and oxygen atoms in total. The first kappa shape index (κ1) is 29.1. The number of aliphatic hydroxyl groups excluding tert-OH is 1. The van der Waals surface area contributed by atoms with E-state index in [2.05, 4.69) is 25.9 Å². The highest BCUT2D eigenvalue weighted by molar-refractivity contribution is 7.20. The summed E-state index contributed by atoms with van der Waals surface area (Å²) in [6.07, 6.45) is 1.35. The summed E-state index contributed by atoms with van der Waals surface area (Å²) in [6, 6.07) is 26.0. The minimum atomic E-state index is -1.29. The maximum atomic E-state index is 15.3. The number of rotatable bonds is 9. The van der Waals surface area contributed by atoms with Crippen molar-refractivity contribution < 1.29 is 18.7 Å². The summed E-state index contributed by atoms with van der Waals surface area (Å²) in [5.41, 5.74) is 8.36. The third-order valence-electron chi connectivity index (χ3n) is 6.47. The van der Waals surface area contributed by atoms with Gasteiger partial charge in [0.2, 0.25) is 0 Å². The normalized spacial score (nSPS) is 11.6. The van der Waals surface area contributed by atoms with Crippen LogP contribution < -0.4 is 21.7 Å². The van der Waals surface area contributed by atoms with Crippen LogP contribution in [0.1, 0.15) is 22.1 Å². The predicted molar refractivity (Wildman–Crippen MR) is 172 cm³/mol. The number of anilines is 5. The van der Waals surface area contributed by atoms with Crippen LogP contribution in [0.5, 0.6) is 0 Å². The van der Waals surface area contributed by atoms with Crippen molar-refractivity contribution in [1.29, 1.82) is 0 Å². The second kappa shape index (κ2) is 12.7. The zero-order chi connectivity index (χ0) is 30.6. The van der Waals surface area contributed by atoms with Crippen molar-refractivity contribution in [2.24, 2.45) is 5.73 Å². The quantitative estimate of drug-likeness (QED) is 0.103. The van der Waals surface area contributed by atoms with Gasteiger partial charge in [-0.05, 0) is 29.3 Å². The Hall–Kier alpha value is -5.01. The summed E-state index contributed by atoms with van der Waals surface area (Å²) in [5, 5.41) is 19.6. The van der Waals surface area contributed by atoms with E-state index >= 15 is 4.39 Å². The second-order valence-corrected chi connectivity index (χ2v) is 11.6. The van der Waals surface area contributed by atoms with Gasteiger partial charge < -0.3 is 26.8 Å². The van der Waals surface area contributed by atoms with Crippen LogP contribution in [0.15, 0.2) is 103 Å². The Morgan fingerprint density at radius 2 is 1.48 bits per heavy atom. The largest absolute Gasteiger partial charge is 0.374 e. The molecule has 2 aromatic carbocycles. The van der Waals surface area contributed by atoms with E-state index in [1.807, 2.05) is 60.7 Å². The van der Waals surface area contributed by atoms with E-state index in [0.29, 0.717) is 15.6 Å². The van der Waals surface area contributed by atoms with Gasteiger partial charge in [-0.3, -0.25) is 4.79 Å². The number of hydrogen-bond donors (Lipinski definition) is 5. The first-order valence-electron chi connectivity index (χ1n) is 13.3. The van der Waals surface area contributed by atoms with Crippen molar-refractivity contribution in [3.8, 4) is 20.9 Å². The van der Waals surface area contributed by atoms with E-state index < -0.39 is 23.8 Å². The van der Waals surface area contributed by atoms with Crippen molar-refractivity contribution >= 4 is 55.9 Å². The minimum absolute atomic E-state index is 0.104. The zero-order valence-electron chi connectivity index (χ0n) is 22.8. The molecule has 0 fully saturated rings. The molecule has 6 aromatic rings. The molecule has 0 saturated heterocycles. The Balaban J connectivity index is 1.24. The van der Waals surface area contributed by atoms with Gasteiger partial charge in [-0.25, -0.2) is 18.7 Å². The van der Waals surface area contributed by atoms with Crippen LogP contribution in [-0.2, 0) is 0 Å².